The van der Waals surface area contributed by atoms with Crippen LogP contribution in [0.2, 0.25) is 0 Å². The van der Waals surface area contributed by atoms with Crippen LogP contribution in [0.3, 0.4) is 0 Å². The van der Waals surface area contributed by atoms with Gasteiger partial charge in [0.05, 0.1) is 20.8 Å². The fourth-order valence-corrected chi connectivity index (χ4v) is 3.78. The van der Waals surface area contributed by atoms with E-state index in [1.165, 1.54) is 16.7 Å². The summed E-state index contributed by atoms with van der Waals surface area (Å²) in [4.78, 5) is 0. The molecule has 1 atom stereocenters. The minimum atomic E-state index is 0.325. The van der Waals surface area contributed by atoms with E-state index in [1.807, 2.05) is 6.92 Å². The molecule has 0 unspecified atom stereocenters. The summed E-state index contributed by atoms with van der Waals surface area (Å²) in [6.45, 7) is 5.47. The molecule has 0 aliphatic heterocycles. The third-order valence-corrected chi connectivity index (χ3v) is 4.93. The summed E-state index contributed by atoms with van der Waals surface area (Å²) in [6.07, 6.45) is 2.21. The van der Waals surface area contributed by atoms with Gasteiger partial charge in [0.25, 0.3) is 0 Å². The third kappa shape index (κ3) is 3.01. The first-order valence-electron chi connectivity index (χ1n) is 8.60. The van der Waals surface area contributed by atoms with E-state index in [0.717, 1.165) is 35.5 Å². The van der Waals surface area contributed by atoms with Gasteiger partial charge in [0.1, 0.15) is 11.5 Å². The van der Waals surface area contributed by atoms with Crippen LogP contribution in [0.25, 0.3) is 0 Å². The average Bonchev–Trinajstić information content (AvgIpc) is 3.04. The maximum absolute atomic E-state index is 5.73. The SMILES string of the molecule is CCOCc1cc(OC)c([C@H]2CCc3c(C)cccc32)c(OC)c1. The second-order valence-corrected chi connectivity index (χ2v) is 6.29. The predicted octanol–water partition coefficient (Wildman–Crippen LogP) is 4.63. The number of methoxy groups -OCH3 is 2. The van der Waals surface area contributed by atoms with Crippen LogP contribution in [0.4, 0.5) is 0 Å². The lowest BCUT2D eigenvalue weighted by molar-refractivity contribution is 0.133. The second-order valence-electron chi connectivity index (χ2n) is 6.29. The van der Waals surface area contributed by atoms with Crippen molar-refractivity contribution < 1.29 is 14.2 Å². The zero-order valence-electron chi connectivity index (χ0n) is 15.0. The molecule has 0 amide bonds. The minimum Gasteiger partial charge on any atom is -0.496 e. The first-order valence-corrected chi connectivity index (χ1v) is 8.60. The standard InChI is InChI=1S/C21H26O3/c1-5-24-13-15-11-19(22-3)21(20(12-15)23-4)18-10-9-16-14(2)7-6-8-17(16)18/h6-8,11-12,18H,5,9-10,13H2,1-4H3/t18-/m0/s1. The van der Waals surface area contributed by atoms with E-state index in [0.29, 0.717) is 19.1 Å². The van der Waals surface area contributed by atoms with Gasteiger partial charge in [-0.1, -0.05) is 18.2 Å². The first-order chi connectivity index (χ1) is 11.7. The van der Waals surface area contributed by atoms with Crippen molar-refractivity contribution in [2.24, 2.45) is 0 Å². The molecule has 3 nitrogen and oxygen atoms in total. The van der Waals surface area contributed by atoms with Gasteiger partial charge in [-0.05, 0) is 61.1 Å². The van der Waals surface area contributed by atoms with Crippen LogP contribution in [0, 0.1) is 6.92 Å². The van der Waals surface area contributed by atoms with E-state index < -0.39 is 0 Å². The van der Waals surface area contributed by atoms with E-state index in [2.05, 4.69) is 37.3 Å². The van der Waals surface area contributed by atoms with Gasteiger partial charge in [-0.3, -0.25) is 0 Å². The molecule has 0 fully saturated rings. The molecule has 3 rings (SSSR count). The lowest BCUT2D eigenvalue weighted by Crippen LogP contribution is -2.05. The van der Waals surface area contributed by atoms with Crippen LogP contribution < -0.4 is 9.47 Å². The molecule has 24 heavy (non-hydrogen) atoms. The van der Waals surface area contributed by atoms with E-state index in [1.54, 1.807) is 14.2 Å². The average molecular weight is 326 g/mol. The molecule has 0 N–H and O–H groups in total. The molecule has 0 radical (unpaired) electrons. The van der Waals surface area contributed by atoms with Gasteiger partial charge in [-0.25, -0.2) is 0 Å². The normalized spacial score (nSPS) is 16.1. The molecule has 2 aromatic carbocycles. The molecule has 3 heteroatoms. The van der Waals surface area contributed by atoms with Crippen LogP contribution >= 0.6 is 0 Å². The Balaban J connectivity index is 2.07. The fraction of sp³-hybridized carbons (Fsp3) is 0.429. The van der Waals surface area contributed by atoms with Gasteiger partial charge in [-0.2, -0.15) is 0 Å². The highest BCUT2D eigenvalue weighted by molar-refractivity contribution is 5.56. The van der Waals surface area contributed by atoms with Crippen molar-refractivity contribution in [3.05, 3.63) is 58.1 Å². The summed E-state index contributed by atoms with van der Waals surface area (Å²) < 4.78 is 17.0. The number of fused-ring (bicyclic) bond motifs is 1. The Morgan fingerprint density at radius 3 is 2.42 bits per heavy atom. The van der Waals surface area contributed by atoms with Crippen LogP contribution in [0.5, 0.6) is 11.5 Å². The van der Waals surface area contributed by atoms with Crippen molar-refractivity contribution in [1.29, 1.82) is 0 Å². The topological polar surface area (TPSA) is 27.7 Å². The molecule has 0 bridgehead atoms. The summed E-state index contributed by atoms with van der Waals surface area (Å²) >= 11 is 0. The zero-order chi connectivity index (χ0) is 17.1. The minimum absolute atomic E-state index is 0.325. The van der Waals surface area contributed by atoms with E-state index in [-0.39, 0.29) is 0 Å². The van der Waals surface area contributed by atoms with Crippen molar-refractivity contribution in [3.8, 4) is 11.5 Å². The van der Waals surface area contributed by atoms with Crippen LogP contribution in [-0.4, -0.2) is 20.8 Å². The molecule has 0 heterocycles. The molecular formula is C21H26O3. The monoisotopic (exact) mass is 326 g/mol. The van der Waals surface area contributed by atoms with E-state index in [4.69, 9.17) is 14.2 Å². The molecule has 1 aliphatic rings. The lowest BCUT2D eigenvalue weighted by atomic mass is 9.90. The third-order valence-electron chi connectivity index (χ3n) is 4.93. The quantitative estimate of drug-likeness (QED) is 0.775. The van der Waals surface area contributed by atoms with Crippen molar-refractivity contribution in [2.45, 2.75) is 39.2 Å². The molecule has 0 spiro atoms. The summed E-state index contributed by atoms with van der Waals surface area (Å²) in [5.74, 6) is 2.11. The van der Waals surface area contributed by atoms with Crippen molar-refractivity contribution in [1.82, 2.24) is 0 Å². The van der Waals surface area contributed by atoms with E-state index in [9.17, 15) is 0 Å². The number of hydrogen-bond acceptors (Lipinski definition) is 3. The van der Waals surface area contributed by atoms with Gasteiger partial charge in [0, 0.05) is 18.1 Å². The molecule has 2 aromatic rings. The zero-order valence-corrected chi connectivity index (χ0v) is 15.0. The number of ether oxygens (including phenoxy) is 3. The lowest BCUT2D eigenvalue weighted by Gasteiger charge is -2.21. The Labute approximate surface area is 144 Å². The van der Waals surface area contributed by atoms with E-state index >= 15 is 0 Å². The van der Waals surface area contributed by atoms with Crippen molar-refractivity contribution in [2.75, 3.05) is 20.8 Å². The highest BCUT2D eigenvalue weighted by Crippen LogP contribution is 2.47. The van der Waals surface area contributed by atoms with Gasteiger partial charge in [0.15, 0.2) is 0 Å². The van der Waals surface area contributed by atoms with Gasteiger partial charge in [-0.15, -0.1) is 0 Å². The largest absolute Gasteiger partial charge is 0.496 e. The van der Waals surface area contributed by atoms with Gasteiger partial charge >= 0.3 is 0 Å². The molecular weight excluding hydrogens is 300 g/mol. The summed E-state index contributed by atoms with van der Waals surface area (Å²) in [6, 6.07) is 10.8. The smallest absolute Gasteiger partial charge is 0.126 e. The number of benzene rings is 2. The van der Waals surface area contributed by atoms with Crippen molar-refractivity contribution >= 4 is 0 Å². The molecule has 0 aromatic heterocycles. The van der Waals surface area contributed by atoms with Gasteiger partial charge in [0.2, 0.25) is 0 Å². The number of aryl methyl sites for hydroxylation is 1. The van der Waals surface area contributed by atoms with Gasteiger partial charge < -0.3 is 14.2 Å². The fourth-order valence-electron chi connectivity index (χ4n) is 3.78. The first kappa shape index (κ1) is 16.8. The number of rotatable bonds is 6. The molecule has 0 saturated carbocycles. The molecule has 128 valence electrons. The van der Waals surface area contributed by atoms with Crippen LogP contribution in [0.15, 0.2) is 30.3 Å². The Hall–Kier alpha value is -2.00. The summed E-state index contributed by atoms with van der Waals surface area (Å²) in [7, 11) is 3.46. The summed E-state index contributed by atoms with van der Waals surface area (Å²) in [5.41, 5.74) is 6.50. The van der Waals surface area contributed by atoms with Crippen LogP contribution in [0.1, 0.15) is 47.1 Å². The second kappa shape index (κ2) is 7.27. The molecule has 1 aliphatic carbocycles. The molecule has 0 saturated heterocycles. The van der Waals surface area contributed by atoms with Crippen LogP contribution in [-0.2, 0) is 17.8 Å². The highest BCUT2D eigenvalue weighted by atomic mass is 16.5. The Bertz CT molecular complexity index is 696. The maximum Gasteiger partial charge on any atom is 0.126 e. The Morgan fingerprint density at radius 2 is 1.79 bits per heavy atom. The van der Waals surface area contributed by atoms with Crippen molar-refractivity contribution in [3.63, 3.8) is 0 Å². The summed E-state index contributed by atoms with van der Waals surface area (Å²) in [5, 5.41) is 0. The predicted molar refractivity (Wildman–Crippen MR) is 96.2 cm³/mol. The highest BCUT2D eigenvalue weighted by Gasteiger charge is 2.30. The maximum atomic E-state index is 5.73. The number of hydrogen-bond donors (Lipinski definition) is 0. The Kier molecular flexibility index (Phi) is 5.10. The Morgan fingerprint density at radius 1 is 1.08 bits per heavy atom.